The molecule has 2 saturated heterocycles. The molecule has 88 valence electrons. The van der Waals surface area contributed by atoms with Gasteiger partial charge in [0.15, 0.2) is 5.78 Å². The molecule has 2 unspecified atom stereocenters. The molecule has 6 heteroatoms. The first-order valence-corrected chi connectivity index (χ1v) is 5.37. The fourth-order valence-corrected chi connectivity index (χ4v) is 2.29. The van der Waals surface area contributed by atoms with Crippen molar-refractivity contribution >= 4 is 17.6 Å². The minimum Gasteiger partial charge on any atom is -0.308 e. The number of hydrazine groups is 1. The molecular weight excluding hydrogens is 210 g/mol. The Balaban J connectivity index is 2.28. The van der Waals surface area contributed by atoms with E-state index in [1.54, 1.807) is 7.05 Å². The molecule has 16 heavy (non-hydrogen) atoms. The van der Waals surface area contributed by atoms with Gasteiger partial charge in [0.05, 0.1) is 12.5 Å². The van der Waals surface area contributed by atoms with Gasteiger partial charge in [0.2, 0.25) is 5.91 Å². The van der Waals surface area contributed by atoms with E-state index in [1.807, 2.05) is 0 Å². The molecule has 6 nitrogen and oxygen atoms in total. The van der Waals surface area contributed by atoms with Gasteiger partial charge in [-0.05, 0) is 20.4 Å². The molecule has 2 heterocycles. The van der Waals surface area contributed by atoms with Crippen molar-refractivity contribution in [2.45, 2.75) is 31.8 Å². The van der Waals surface area contributed by atoms with Gasteiger partial charge in [-0.1, -0.05) is 0 Å². The first-order chi connectivity index (χ1) is 7.56. The molecule has 2 aliphatic rings. The van der Waals surface area contributed by atoms with E-state index in [1.165, 1.54) is 16.9 Å². The van der Waals surface area contributed by atoms with Crippen LogP contribution in [0.1, 0.15) is 19.8 Å². The summed E-state index contributed by atoms with van der Waals surface area (Å²) in [5.41, 5.74) is 0. The molecule has 0 bridgehead atoms. The van der Waals surface area contributed by atoms with Crippen LogP contribution in [0.4, 0.5) is 0 Å². The summed E-state index contributed by atoms with van der Waals surface area (Å²) < 4.78 is 0. The van der Waals surface area contributed by atoms with Gasteiger partial charge in [-0.3, -0.25) is 19.4 Å². The molecule has 0 spiro atoms. The Morgan fingerprint density at radius 2 is 2.12 bits per heavy atom. The van der Waals surface area contributed by atoms with Gasteiger partial charge < -0.3 is 5.32 Å². The van der Waals surface area contributed by atoms with Crippen LogP contribution < -0.4 is 5.32 Å². The van der Waals surface area contributed by atoms with Crippen LogP contribution >= 0.6 is 0 Å². The second kappa shape index (κ2) is 3.86. The minimum atomic E-state index is -0.497. The van der Waals surface area contributed by atoms with E-state index in [4.69, 9.17) is 0 Å². The molecule has 0 aromatic heterocycles. The lowest BCUT2D eigenvalue weighted by Crippen LogP contribution is -2.61. The summed E-state index contributed by atoms with van der Waals surface area (Å²) in [6.07, 6.45) is 0.722. The van der Waals surface area contributed by atoms with Crippen molar-refractivity contribution in [3.8, 4) is 0 Å². The zero-order chi connectivity index (χ0) is 11.9. The maximum absolute atomic E-state index is 12.0. The summed E-state index contributed by atoms with van der Waals surface area (Å²) in [6.45, 7) is 1.92. The van der Waals surface area contributed by atoms with Gasteiger partial charge in [-0.15, -0.1) is 0 Å². The fourth-order valence-electron chi connectivity index (χ4n) is 2.29. The van der Waals surface area contributed by atoms with Crippen LogP contribution in [0.2, 0.25) is 0 Å². The number of amides is 2. The maximum atomic E-state index is 12.0. The Labute approximate surface area is 93.5 Å². The summed E-state index contributed by atoms with van der Waals surface area (Å²) in [6, 6.07) is -0.962. The molecule has 0 aliphatic carbocycles. The molecule has 2 fully saturated rings. The lowest BCUT2D eigenvalue weighted by Gasteiger charge is -2.38. The van der Waals surface area contributed by atoms with Gasteiger partial charge in [0, 0.05) is 6.54 Å². The summed E-state index contributed by atoms with van der Waals surface area (Å²) in [5.74, 6) is -0.345. The third kappa shape index (κ3) is 1.49. The van der Waals surface area contributed by atoms with Gasteiger partial charge in [-0.2, -0.15) is 0 Å². The lowest BCUT2D eigenvalue weighted by molar-refractivity contribution is -0.171. The Morgan fingerprint density at radius 3 is 2.69 bits per heavy atom. The van der Waals surface area contributed by atoms with Crippen LogP contribution in [0, 0.1) is 0 Å². The molecule has 2 atom stereocenters. The fraction of sp³-hybridized carbons (Fsp3) is 0.700. The topological polar surface area (TPSA) is 69.7 Å². The summed E-state index contributed by atoms with van der Waals surface area (Å²) in [7, 11) is 1.64. The Hall–Kier alpha value is -1.43. The Morgan fingerprint density at radius 1 is 1.44 bits per heavy atom. The zero-order valence-corrected chi connectivity index (χ0v) is 9.40. The predicted octanol–water partition coefficient (Wildman–Crippen LogP) is -1.09. The number of hydrogen-bond acceptors (Lipinski definition) is 4. The number of rotatable bonds is 2. The molecule has 1 N–H and O–H groups in total. The lowest BCUT2D eigenvalue weighted by atomic mass is 10.1. The standard InChI is InChI=1S/C10H15N3O3/c1-6(14)8-3-4-12-9(15)5-7(11-2)10(16)13(8)12/h7-8,11H,3-5H2,1-2H3. The van der Waals surface area contributed by atoms with Gasteiger partial charge in [0.25, 0.3) is 5.91 Å². The normalized spacial score (nSPS) is 29.6. The van der Waals surface area contributed by atoms with E-state index in [0.29, 0.717) is 13.0 Å². The average Bonchev–Trinajstić information content (AvgIpc) is 2.68. The molecule has 2 amide bonds. The third-order valence-corrected chi connectivity index (χ3v) is 3.18. The second-order valence-electron chi connectivity index (χ2n) is 4.16. The van der Waals surface area contributed by atoms with Gasteiger partial charge >= 0.3 is 0 Å². The van der Waals surface area contributed by atoms with E-state index < -0.39 is 12.1 Å². The minimum absolute atomic E-state index is 0.0691. The number of ketones is 1. The number of fused-ring (bicyclic) bond motifs is 1. The van der Waals surface area contributed by atoms with E-state index >= 15 is 0 Å². The first-order valence-electron chi connectivity index (χ1n) is 5.37. The number of hydrogen-bond donors (Lipinski definition) is 1. The Kier molecular flexibility index (Phi) is 2.67. The van der Waals surface area contributed by atoms with E-state index in [2.05, 4.69) is 5.32 Å². The number of carbonyl (C=O) groups excluding carboxylic acids is 3. The van der Waals surface area contributed by atoms with Crippen molar-refractivity contribution < 1.29 is 14.4 Å². The van der Waals surface area contributed by atoms with Crippen LogP contribution in [0.25, 0.3) is 0 Å². The van der Waals surface area contributed by atoms with Crippen LogP contribution in [0.5, 0.6) is 0 Å². The molecule has 2 rings (SSSR count). The number of carbonyl (C=O) groups is 3. The smallest absolute Gasteiger partial charge is 0.259 e. The highest BCUT2D eigenvalue weighted by Crippen LogP contribution is 2.25. The maximum Gasteiger partial charge on any atom is 0.259 e. The van der Waals surface area contributed by atoms with E-state index in [9.17, 15) is 14.4 Å². The molecule has 2 aliphatic heterocycles. The number of likely N-dealkylation sites (N-methyl/N-ethyl adjacent to an activating group) is 1. The van der Waals surface area contributed by atoms with E-state index in [-0.39, 0.29) is 24.0 Å². The number of nitrogens with one attached hydrogen (secondary N) is 1. The van der Waals surface area contributed by atoms with Gasteiger partial charge in [-0.25, -0.2) is 5.01 Å². The largest absolute Gasteiger partial charge is 0.308 e. The van der Waals surface area contributed by atoms with Gasteiger partial charge in [0.1, 0.15) is 6.04 Å². The Bertz CT molecular complexity index is 349. The van der Waals surface area contributed by atoms with Crippen LogP contribution in [0.15, 0.2) is 0 Å². The van der Waals surface area contributed by atoms with Crippen molar-refractivity contribution in [1.82, 2.24) is 15.3 Å². The van der Waals surface area contributed by atoms with Crippen LogP contribution in [0.3, 0.4) is 0 Å². The number of Topliss-reactive ketones (excluding diaryl/α,β-unsaturated/α-hetero) is 1. The molecule has 0 saturated carbocycles. The highest BCUT2D eigenvalue weighted by atomic mass is 16.2. The summed E-state index contributed by atoms with van der Waals surface area (Å²) in [5, 5.41) is 5.54. The van der Waals surface area contributed by atoms with E-state index in [0.717, 1.165) is 0 Å². The van der Waals surface area contributed by atoms with Crippen molar-refractivity contribution in [2.75, 3.05) is 13.6 Å². The van der Waals surface area contributed by atoms with Crippen LogP contribution in [-0.4, -0.2) is 53.3 Å². The SMILES string of the molecule is CNC1CC(=O)N2CCC(C(C)=O)N2C1=O. The molecule has 0 aromatic rings. The number of nitrogens with zero attached hydrogens (tertiary/aromatic N) is 2. The van der Waals surface area contributed by atoms with Crippen molar-refractivity contribution in [1.29, 1.82) is 0 Å². The average molecular weight is 225 g/mol. The second-order valence-corrected chi connectivity index (χ2v) is 4.16. The highest BCUT2D eigenvalue weighted by Gasteiger charge is 2.46. The highest BCUT2D eigenvalue weighted by molar-refractivity contribution is 5.97. The monoisotopic (exact) mass is 225 g/mol. The quantitative estimate of drug-likeness (QED) is 0.648. The van der Waals surface area contributed by atoms with Crippen LogP contribution in [-0.2, 0) is 14.4 Å². The van der Waals surface area contributed by atoms with Crippen molar-refractivity contribution in [3.05, 3.63) is 0 Å². The zero-order valence-electron chi connectivity index (χ0n) is 9.40. The third-order valence-electron chi connectivity index (χ3n) is 3.18. The summed E-state index contributed by atoms with van der Waals surface area (Å²) in [4.78, 5) is 35.2. The first kappa shape index (κ1) is 11.1. The molecule has 0 aromatic carbocycles. The van der Waals surface area contributed by atoms with Crippen molar-refractivity contribution in [3.63, 3.8) is 0 Å². The molecular formula is C10H15N3O3. The predicted molar refractivity (Wildman–Crippen MR) is 55.1 cm³/mol. The molecule has 0 radical (unpaired) electrons. The summed E-state index contributed by atoms with van der Waals surface area (Å²) >= 11 is 0. The van der Waals surface area contributed by atoms with Crippen molar-refractivity contribution in [2.24, 2.45) is 0 Å².